The van der Waals surface area contributed by atoms with E-state index in [0.29, 0.717) is 13.2 Å². The summed E-state index contributed by atoms with van der Waals surface area (Å²) in [5, 5.41) is 4.09. The van der Waals surface area contributed by atoms with Crippen LogP contribution in [-0.2, 0) is 27.1 Å². The van der Waals surface area contributed by atoms with Crippen LogP contribution in [0.2, 0.25) is 0 Å². The molecule has 0 spiro atoms. The van der Waals surface area contributed by atoms with Gasteiger partial charge in [-0.2, -0.15) is 0 Å². The Bertz CT molecular complexity index is 796. The molecule has 26 heavy (non-hydrogen) atoms. The maximum Gasteiger partial charge on any atom is 0.310 e. The van der Waals surface area contributed by atoms with E-state index in [-0.39, 0.29) is 12.4 Å². The molecular formula is C20H26NO4P. The van der Waals surface area contributed by atoms with Crippen LogP contribution in [0.25, 0.3) is 0 Å². The van der Waals surface area contributed by atoms with Crippen LogP contribution in [-0.4, -0.2) is 33.0 Å². The van der Waals surface area contributed by atoms with Gasteiger partial charge < -0.3 is 19.4 Å². The topological polar surface area (TPSA) is 64.6 Å². The van der Waals surface area contributed by atoms with Gasteiger partial charge in [-0.1, -0.05) is 18.2 Å². The number of esters is 1. The van der Waals surface area contributed by atoms with Crippen molar-refractivity contribution in [3.05, 3.63) is 53.6 Å². The van der Waals surface area contributed by atoms with Crippen LogP contribution in [0.5, 0.6) is 5.75 Å². The minimum atomic E-state index is -2.51. The van der Waals surface area contributed by atoms with Gasteiger partial charge in [-0.05, 0) is 55.6 Å². The Balaban J connectivity index is 2.18. The molecule has 0 saturated carbocycles. The third kappa shape index (κ3) is 5.63. The SMILES string of the molecule is CCOC(=O)Cc1ccc(NCc2ccc(OC)cc2)c(P(C)(C)=O)c1. The summed E-state index contributed by atoms with van der Waals surface area (Å²) >= 11 is 0. The molecule has 0 aromatic heterocycles. The Labute approximate surface area is 155 Å². The van der Waals surface area contributed by atoms with E-state index in [1.165, 1.54) is 0 Å². The Morgan fingerprint density at radius 1 is 1.08 bits per heavy atom. The maximum atomic E-state index is 12.7. The number of hydrogen-bond acceptors (Lipinski definition) is 5. The van der Waals surface area contributed by atoms with Gasteiger partial charge in [-0.15, -0.1) is 0 Å². The van der Waals surface area contributed by atoms with Crippen LogP contribution < -0.4 is 15.4 Å². The molecule has 0 saturated heterocycles. The fourth-order valence-corrected chi connectivity index (χ4v) is 3.81. The Hall–Kier alpha value is -2.26. The van der Waals surface area contributed by atoms with E-state index >= 15 is 0 Å². The number of carbonyl (C=O) groups is 1. The Morgan fingerprint density at radius 2 is 1.73 bits per heavy atom. The molecule has 0 aliphatic rings. The molecule has 6 heteroatoms. The van der Waals surface area contributed by atoms with Crippen molar-refractivity contribution in [2.45, 2.75) is 19.9 Å². The van der Waals surface area contributed by atoms with Crippen LogP contribution in [0.3, 0.4) is 0 Å². The molecule has 0 bridgehead atoms. The molecule has 2 aromatic carbocycles. The molecule has 0 amide bonds. The molecule has 2 aromatic rings. The van der Waals surface area contributed by atoms with Gasteiger partial charge in [0, 0.05) is 17.5 Å². The fraction of sp³-hybridized carbons (Fsp3) is 0.350. The fourth-order valence-electron chi connectivity index (χ4n) is 2.60. The molecule has 0 unspecified atom stereocenters. The zero-order valence-electron chi connectivity index (χ0n) is 15.7. The molecule has 0 aliphatic heterocycles. The van der Waals surface area contributed by atoms with Crippen LogP contribution in [0.15, 0.2) is 42.5 Å². The summed E-state index contributed by atoms with van der Waals surface area (Å²) < 4.78 is 22.9. The lowest BCUT2D eigenvalue weighted by Crippen LogP contribution is -2.15. The monoisotopic (exact) mass is 375 g/mol. The number of nitrogens with one attached hydrogen (secondary N) is 1. The summed E-state index contributed by atoms with van der Waals surface area (Å²) in [5.74, 6) is 0.531. The first kappa shape index (κ1) is 20.1. The van der Waals surface area contributed by atoms with Crippen molar-refractivity contribution in [2.24, 2.45) is 0 Å². The van der Waals surface area contributed by atoms with Gasteiger partial charge >= 0.3 is 5.97 Å². The smallest absolute Gasteiger partial charge is 0.310 e. The normalized spacial score (nSPS) is 11.1. The number of anilines is 1. The summed E-state index contributed by atoms with van der Waals surface area (Å²) in [7, 11) is -0.874. The second-order valence-corrected chi connectivity index (χ2v) is 9.57. The van der Waals surface area contributed by atoms with Crippen molar-refractivity contribution in [3.63, 3.8) is 0 Å². The summed E-state index contributed by atoms with van der Waals surface area (Å²) in [6.07, 6.45) is 0.180. The number of carbonyl (C=O) groups excluding carboxylic acids is 1. The van der Waals surface area contributed by atoms with Crippen molar-refractivity contribution in [3.8, 4) is 5.75 Å². The molecular weight excluding hydrogens is 349 g/mol. The van der Waals surface area contributed by atoms with Crippen molar-refractivity contribution in [1.82, 2.24) is 0 Å². The van der Waals surface area contributed by atoms with Gasteiger partial charge in [0.15, 0.2) is 0 Å². The van der Waals surface area contributed by atoms with Gasteiger partial charge in [-0.25, -0.2) is 0 Å². The van der Waals surface area contributed by atoms with Crippen molar-refractivity contribution < 1.29 is 18.8 Å². The van der Waals surface area contributed by atoms with Crippen LogP contribution >= 0.6 is 7.14 Å². The van der Waals surface area contributed by atoms with E-state index in [1.54, 1.807) is 27.4 Å². The molecule has 5 nitrogen and oxygen atoms in total. The van der Waals surface area contributed by atoms with Gasteiger partial charge in [-0.3, -0.25) is 4.79 Å². The highest BCUT2D eigenvalue weighted by Gasteiger charge is 2.18. The van der Waals surface area contributed by atoms with E-state index in [4.69, 9.17) is 9.47 Å². The van der Waals surface area contributed by atoms with E-state index < -0.39 is 7.14 Å². The first-order valence-corrected chi connectivity index (χ1v) is 11.1. The third-order valence-electron chi connectivity index (χ3n) is 3.94. The van der Waals surface area contributed by atoms with Gasteiger partial charge in [0.1, 0.15) is 12.9 Å². The van der Waals surface area contributed by atoms with E-state index in [2.05, 4.69) is 5.32 Å². The lowest BCUT2D eigenvalue weighted by molar-refractivity contribution is -0.142. The van der Waals surface area contributed by atoms with Crippen LogP contribution in [0, 0.1) is 0 Å². The molecule has 0 fully saturated rings. The number of methoxy groups -OCH3 is 1. The standard InChI is InChI=1S/C20H26NO4P/c1-5-25-20(22)13-16-8-11-18(19(12-16)26(3,4)23)21-14-15-6-9-17(24-2)10-7-15/h6-12,21H,5,13-14H2,1-4H3. The zero-order chi connectivity index (χ0) is 19.2. The van der Waals surface area contributed by atoms with Crippen molar-refractivity contribution >= 4 is 24.1 Å². The third-order valence-corrected chi connectivity index (χ3v) is 5.47. The average molecular weight is 375 g/mol. The quantitative estimate of drug-likeness (QED) is 0.563. The first-order chi connectivity index (χ1) is 12.3. The number of rotatable bonds is 8. The largest absolute Gasteiger partial charge is 0.497 e. The highest BCUT2D eigenvalue weighted by atomic mass is 31.2. The first-order valence-electron chi connectivity index (χ1n) is 8.54. The minimum Gasteiger partial charge on any atom is -0.497 e. The van der Waals surface area contributed by atoms with Crippen LogP contribution in [0.4, 0.5) is 5.69 Å². The van der Waals surface area contributed by atoms with E-state index in [9.17, 15) is 9.36 Å². The van der Waals surface area contributed by atoms with Gasteiger partial charge in [0.2, 0.25) is 0 Å². The van der Waals surface area contributed by atoms with Crippen molar-refractivity contribution in [2.75, 3.05) is 32.4 Å². The van der Waals surface area contributed by atoms with Crippen molar-refractivity contribution in [1.29, 1.82) is 0 Å². The van der Waals surface area contributed by atoms with Crippen LogP contribution in [0.1, 0.15) is 18.1 Å². The molecule has 0 radical (unpaired) electrons. The van der Waals surface area contributed by atoms with Gasteiger partial charge in [0.25, 0.3) is 0 Å². The molecule has 1 N–H and O–H groups in total. The maximum absolute atomic E-state index is 12.7. The number of ether oxygens (including phenoxy) is 2. The highest BCUT2D eigenvalue weighted by Crippen LogP contribution is 2.38. The molecule has 2 rings (SSSR count). The zero-order valence-corrected chi connectivity index (χ0v) is 16.6. The minimum absolute atomic E-state index is 0.180. The molecule has 0 atom stereocenters. The van der Waals surface area contributed by atoms with Gasteiger partial charge in [0.05, 0.1) is 20.1 Å². The molecule has 0 heterocycles. The second kappa shape index (κ2) is 8.91. The molecule has 140 valence electrons. The Morgan fingerprint density at radius 3 is 2.31 bits per heavy atom. The Kier molecular flexibility index (Phi) is 6.87. The summed E-state index contributed by atoms with van der Waals surface area (Å²) in [5.41, 5.74) is 2.72. The second-order valence-electron chi connectivity index (χ2n) is 6.39. The lowest BCUT2D eigenvalue weighted by atomic mass is 10.1. The summed E-state index contributed by atoms with van der Waals surface area (Å²) in [6.45, 7) is 6.20. The summed E-state index contributed by atoms with van der Waals surface area (Å²) in [6, 6.07) is 13.4. The highest BCUT2D eigenvalue weighted by molar-refractivity contribution is 7.70. The predicted octanol–water partition coefficient (Wildman–Crippen LogP) is 3.66. The predicted molar refractivity (Wildman–Crippen MR) is 106 cm³/mol. The van der Waals surface area contributed by atoms with E-state index in [0.717, 1.165) is 27.9 Å². The lowest BCUT2D eigenvalue weighted by Gasteiger charge is -2.17. The van der Waals surface area contributed by atoms with E-state index in [1.807, 2.05) is 42.5 Å². The average Bonchev–Trinajstić information content (AvgIpc) is 2.60. The number of hydrogen-bond donors (Lipinski definition) is 1. The summed E-state index contributed by atoms with van der Waals surface area (Å²) in [4.78, 5) is 11.7. The number of benzene rings is 2. The molecule has 0 aliphatic carbocycles.